The topological polar surface area (TPSA) is 85.5 Å². The van der Waals surface area contributed by atoms with Crippen LogP contribution in [0.1, 0.15) is 19.5 Å². The number of rotatable bonds is 7. The molecule has 112 valence electrons. The normalized spacial score (nSPS) is 12.1. The summed E-state index contributed by atoms with van der Waals surface area (Å²) in [6, 6.07) is 2.93. The van der Waals surface area contributed by atoms with Crippen LogP contribution in [0.15, 0.2) is 23.2 Å². The molecule has 0 amide bonds. The van der Waals surface area contributed by atoms with Crippen LogP contribution >= 0.6 is 12.2 Å². The molecule has 0 saturated carbocycles. The highest BCUT2D eigenvalue weighted by Gasteiger charge is 2.21. The minimum absolute atomic E-state index is 0.0672. The van der Waals surface area contributed by atoms with E-state index in [9.17, 15) is 8.42 Å². The fourth-order valence-corrected chi connectivity index (χ4v) is 2.62. The van der Waals surface area contributed by atoms with Gasteiger partial charge in [0.15, 0.2) is 0 Å². The summed E-state index contributed by atoms with van der Waals surface area (Å²) in [6.45, 7) is 4.41. The molecule has 0 unspecified atom stereocenters. The maximum Gasteiger partial charge on any atom is 0.244 e. The molecule has 2 N–H and O–H groups in total. The van der Waals surface area contributed by atoms with Crippen LogP contribution < -0.4 is 5.73 Å². The molecular formula is C12H19N3O3S2. The van der Waals surface area contributed by atoms with Crippen molar-refractivity contribution >= 4 is 27.2 Å². The van der Waals surface area contributed by atoms with Gasteiger partial charge >= 0.3 is 0 Å². The zero-order valence-electron chi connectivity index (χ0n) is 11.7. The van der Waals surface area contributed by atoms with Crippen LogP contribution in [0.5, 0.6) is 0 Å². The van der Waals surface area contributed by atoms with Crippen molar-refractivity contribution in [2.45, 2.75) is 24.8 Å². The first-order valence-corrected chi connectivity index (χ1v) is 7.93. The van der Waals surface area contributed by atoms with Crippen molar-refractivity contribution in [1.29, 1.82) is 0 Å². The number of ether oxygens (including phenoxy) is 1. The van der Waals surface area contributed by atoms with Gasteiger partial charge < -0.3 is 10.5 Å². The SMILES string of the molecule is CC(C)OCCN(C)S(=O)(=O)c1ccc(C(N)=S)nc1. The lowest BCUT2D eigenvalue weighted by Crippen LogP contribution is -2.31. The van der Waals surface area contributed by atoms with Crippen molar-refractivity contribution in [3.8, 4) is 0 Å². The second-order valence-corrected chi connectivity index (χ2v) is 6.97. The molecule has 8 heteroatoms. The molecule has 1 heterocycles. The minimum Gasteiger partial charge on any atom is -0.388 e. The lowest BCUT2D eigenvalue weighted by molar-refractivity contribution is 0.0737. The predicted octanol–water partition coefficient (Wildman–Crippen LogP) is 0.761. The maximum absolute atomic E-state index is 12.3. The fourth-order valence-electron chi connectivity index (χ4n) is 1.40. The summed E-state index contributed by atoms with van der Waals surface area (Å²) in [5.74, 6) is 0. The number of pyridine rings is 1. The number of aromatic nitrogens is 1. The van der Waals surface area contributed by atoms with E-state index in [0.717, 1.165) is 0 Å². The minimum atomic E-state index is -3.57. The molecule has 20 heavy (non-hydrogen) atoms. The van der Waals surface area contributed by atoms with Gasteiger partial charge in [-0.2, -0.15) is 4.31 Å². The number of likely N-dealkylation sites (N-methyl/N-ethyl adjacent to an activating group) is 1. The molecule has 1 aromatic rings. The number of nitrogens with zero attached hydrogens (tertiary/aromatic N) is 2. The summed E-state index contributed by atoms with van der Waals surface area (Å²) >= 11 is 4.77. The number of thiocarbonyl (C=S) groups is 1. The van der Waals surface area contributed by atoms with E-state index in [1.54, 1.807) is 0 Å². The summed E-state index contributed by atoms with van der Waals surface area (Å²) in [5, 5.41) is 0. The zero-order chi connectivity index (χ0) is 15.3. The third kappa shape index (κ3) is 4.48. The Labute approximate surface area is 125 Å². The number of sulfonamides is 1. The average Bonchev–Trinajstić information content (AvgIpc) is 2.38. The van der Waals surface area contributed by atoms with Gasteiger partial charge in [-0.05, 0) is 26.0 Å². The fraction of sp³-hybridized carbons (Fsp3) is 0.500. The van der Waals surface area contributed by atoms with Crippen LogP contribution in [-0.4, -0.2) is 49.0 Å². The summed E-state index contributed by atoms with van der Waals surface area (Å²) in [5.41, 5.74) is 5.81. The van der Waals surface area contributed by atoms with E-state index in [-0.39, 0.29) is 22.5 Å². The van der Waals surface area contributed by atoms with Gasteiger partial charge in [0.05, 0.1) is 18.4 Å². The molecule has 0 atom stereocenters. The van der Waals surface area contributed by atoms with Gasteiger partial charge in [0, 0.05) is 19.8 Å². The Morgan fingerprint density at radius 1 is 1.50 bits per heavy atom. The third-order valence-electron chi connectivity index (χ3n) is 2.55. The summed E-state index contributed by atoms with van der Waals surface area (Å²) in [4.78, 5) is 4.17. The smallest absolute Gasteiger partial charge is 0.244 e. The number of nitrogens with two attached hydrogens (primary N) is 1. The number of hydrogen-bond acceptors (Lipinski definition) is 5. The molecule has 0 spiro atoms. The summed E-state index contributed by atoms with van der Waals surface area (Å²) in [7, 11) is -2.07. The standard InChI is InChI=1S/C12H19N3O3S2/c1-9(2)18-7-6-15(3)20(16,17)10-4-5-11(12(13)19)14-8-10/h4-5,8-9H,6-7H2,1-3H3,(H2,13,19). The Bertz CT molecular complexity index is 556. The lowest BCUT2D eigenvalue weighted by Gasteiger charge is -2.18. The highest BCUT2D eigenvalue weighted by molar-refractivity contribution is 7.89. The molecule has 0 aliphatic rings. The van der Waals surface area contributed by atoms with E-state index in [4.69, 9.17) is 22.7 Å². The molecule has 6 nitrogen and oxygen atoms in total. The molecule has 1 aromatic heterocycles. The van der Waals surface area contributed by atoms with E-state index in [1.807, 2.05) is 13.8 Å². The van der Waals surface area contributed by atoms with Gasteiger partial charge in [-0.25, -0.2) is 8.42 Å². The molecule has 0 saturated heterocycles. The van der Waals surface area contributed by atoms with Gasteiger partial charge in [0.2, 0.25) is 10.0 Å². The van der Waals surface area contributed by atoms with E-state index in [1.165, 1.54) is 29.7 Å². The molecule has 0 radical (unpaired) electrons. The second kappa shape index (κ2) is 7.07. The highest BCUT2D eigenvalue weighted by Crippen LogP contribution is 2.13. The molecule has 0 aliphatic carbocycles. The van der Waals surface area contributed by atoms with Crippen LogP contribution in [0, 0.1) is 0 Å². The average molecular weight is 317 g/mol. The van der Waals surface area contributed by atoms with E-state index in [0.29, 0.717) is 12.3 Å². The first-order valence-electron chi connectivity index (χ1n) is 6.09. The first kappa shape index (κ1) is 17.0. The Kier molecular flexibility index (Phi) is 6.00. The van der Waals surface area contributed by atoms with Gasteiger partial charge in [0.25, 0.3) is 0 Å². The van der Waals surface area contributed by atoms with Crippen molar-refractivity contribution in [3.63, 3.8) is 0 Å². The van der Waals surface area contributed by atoms with Crippen LogP contribution in [0.2, 0.25) is 0 Å². The van der Waals surface area contributed by atoms with Gasteiger partial charge in [-0.1, -0.05) is 12.2 Å². The predicted molar refractivity (Wildman–Crippen MR) is 81.0 cm³/mol. The van der Waals surface area contributed by atoms with Gasteiger partial charge in [0.1, 0.15) is 9.88 Å². The van der Waals surface area contributed by atoms with Crippen LogP contribution in [-0.2, 0) is 14.8 Å². The van der Waals surface area contributed by atoms with E-state index in [2.05, 4.69) is 4.98 Å². The molecule has 0 aliphatic heterocycles. The summed E-state index contributed by atoms with van der Waals surface area (Å²) < 4.78 is 31.1. The molecule has 0 fully saturated rings. The lowest BCUT2D eigenvalue weighted by atomic mass is 10.3. The molecular weight excluding hydrogens is 298 g/mol. The number of hydrogen-bond donors (Lipinski definition) is 1. The monoisotopic (exact) mass is 317 g/mol. The second-order valence-electron chi connectivity index (χ2n) is 4.49. The van der Waals surface area contributed by atoms with Crippen molar-refractivity contribution in [1.82, 2.24) is 9.29 Å². The van der Waals surface area contributed by atoms with E-state index < -0.39 is 10.0 Å². The Hall–Kier alpha value is -1.09. The summed E-state index contributed by atoms with van der Waals surface area (Å²) in [6.07, 6.45) is 1.32. The third-order valence-corrected chi connectivity index (χ3v) is 4.60. The first-order chi connectivity index (χ1) is 9.25. The van der Waals surface area contributed by atoms with Crippen LogP contribution in [0.4, 0.5) is 0 Å². The molecule has 0 bridgehead atoms. The van der Waals surface area contributed by atoms with E-state index >= 15 is 0 Å². The van der Waals surface area contributed by atoms with Crippen molar-refractivity contribution in [2.75, 3.05) is 20.2 Å². The van der Waals surface area contributed by atoms with Gasteiger partial charge in [-0.15, -0.1) is 0 Å². The van der Waals surface area contributed by atoms with Crippen LogP contribution in [0.3, 0.4) is 0 Å². The maximum atomic E-state index is 12.3. The Morgan fingerprint density at radius 2 is 2.15 bits per heavy atom. The zero-order valence-corrected chi connectivity index (χ0v) is 13.4. The molecule has 0 aromatic carbocycles. The van der Waals surface area contributed by atoms with Crippen LogP contribution in [0.25, 0.3) is 0 Å². The van der Waals surface area contributed by atoms with Crippen molar-refractivity contribution < 1.29 is 13.2 Å². The largest absolute Gasteiger partial charge is 0.388 e. The molecule has 1 rings (SSSR count). The Balaban J connectivity index is 2.79. The van der Waals surface area contributed by atoms with Gasteiger partial charge in [-0.3, -0.25) is 4.98 Å². The quantitative estimate of drug-likeness (QED) is 0.747. The highest BCUT2D eigenvalue weighted by atomic mass is 32.2. The van der Waals surface area contributed by atoms with Crippen molar-refractivity contribution in [3.05, 3.63) is 24.0 Å². The van der Waals surface area contributed by atoms with Crippen molar-refractivity contribution in [2.24, 2.45) is 5.73 Å². The Morgan fingerprint density at radius 3 is 2.60 bits per heavy atom.